The number of carbonyl (C=O) groups is 1. The Morgan fingerprint density at radius 2 is 1.71 bits per heavy atom. The highest BCUT2D eigenvalue weighted by Crippen LogP contribution is 2.75. The van der Waals surface area contributed by atoms with Gasteiger partial charge in [-0.1, -0.05) is 20.8 Å². The fourth-order valence-electron chi connectivity index (χ4n) is 8.26. The van der Waals surface area contributed by atoms with Crippen LogP contribution >= 0.6 is 0 Å². The molecule has 0 aromatic rings. The summed E-state index contributed by atoms with van der Waals surface area (Å²) in [6.07, 6.45) is 5.64. The molecule has 1 spiro atoms. The maximum absolute atomic E-state index is 12.3. The van der Waals surface area contributed by atoms with Crippen LogP contribution in [0.25, 0.3) is 0 Å². The monoisotopic (exact) mass is 393 g/mol. The summed E-state index contributed by atoms with van der Waals surface area (Å²) < 4.78 is 5.93. The fourth-order valence-corrected chi connectivity index (χ4v) is 8.26. The van der Waals surface area contributed by atoms with Crippen LogP contribution in [0.15, 0.2) is 0 Å². The Morgan fingerprint density at radius 1 is 1.04 bits per heavy atom. The van der Waals surface area contributed by atoms with Gasteiger partial charge in [-0.25, -0.2) is 4.79 Å². The number of hydrogen-bond donors (Lipinski definition) is 2. The van der Waals surface area contributed by atoms with E-state index in [9.17, 15) is 15.0 Å². The van der Waals surface area contributed by atoms with Crippen molar-refractivity contribution in [3.8, 4) is 0 Å². The average molecular weight is 394 g/mol. The predicted octanol–water partition coefficient (Wildman–Crippen LogP) is 3.82. The summed E-state index contributed by atoms with van der Waals surface area (Å²) >= 11 is 0. The molecule has 4 fully saturated rings. The maximum atomic E-state index is 12.3. The van der Waals surface area contributed by atoms with Gasteiger partial charge in [0.25, 0.3) is 0 Å². The molecule has 0 heterocycles. The zero-order valence-electron chi connectivity index (χ0n) is 18.5. The van der Waals surface area contributed by atoms with Gasteiger partial charge in [-0.05, 0) is 85.9 Å². The first kappa shape index (κ1) is 20.5. The summed E-state index contributed by atoms with van der Waals surface area (Å²) in [5.41, 5.74) is -0.554. The number of aliphatic hydroxyl groups excluding tert-OH is 1. The van der Waals surface area contributed by atoms with Crippen LogP contribution in [0.1, 0.15) is 72.6 Å². The SMILES string of the molecule is CN(C)C(=O)O[C@H]1CC(C)(C)[C@@H]2C[C@@H](O)[C@H]3C[C@H]4C[C@@]3(CC[C@]4(C)O)[C@@]2(C)C1. The zero-order chi connectivity index (χ0) is 20.7. The van der Waals surface area contributed by atoms with Crippen LogP contribution in [0.4, 0.5) is 4.79 Å². The van der Waals surface area contributed by atoms with E-state index in [0.29, 0.717) is 5.92 Å². The lowest BCUT2D eigenvalue weighted by Gasteiger charge is -2.67. The minimum atomic E-state index is -0.616. The van der Waals surface area contributed by atoms with Gasteiger partial charge in [-0.15, -0.1) is 0 Å². The minimum absolute atomic E-state index is 0.00299. The van der Waals surface area contributed by atoms with Crippen LogP contribution in [0, 0.1) is 34.0 Å². The minimum Gasteiger partial charge on any atom is -0.446 e. The summed E-state index contributed by atoms with van der Waals surface area (Å²) in [6.45, 7) is 8.98. The van der Waals surface area contributed by atoms with E-state index in [-0.39, 0.29) is 46.4 Å². The van der Waals surface area contributed by atoms with Gasteiger partial charge in [-0.2, -0.15) is 0 Å². The van der Waals surface area contributed by atoms with Crippen molar-refractivity contribution in [2.45, 2.75) is 90.4 Å². The lowest BCUT2D eigenvalue weighted by atomic mass is 9.39. The third kappa shape index (κ3) is 2.68. The highest BCUT2D eigenvalue weighted by molar-refractivity contribution is 5.67. The normalized spacial score (nSPS) is 51.8. The molecule has 160 valence electrons. The third-order valence-corrected chi connectivity index (χ3v) is 9.65. The molecule has 5 nitrogen and oxygen atoms in total. The van der Waals surface area contributed by atoms with Gasteiger partial charge in [0.2, 0.25) is 0 Å². The maximum Gasteiger partial charge on any atom is 0.409 e. The molecule has 0 saturated heterocycles. The molecule has 1 amide bonds. The fraction of sp³-hybridized carbons (Fsp3) is 0.957. The average Bonchev–Trinajstić information content (AvgIpc) is 2.93. The van der Waals surface area contributed by atoms with Crippen LogP contribution in [-0.4, -0.2) is 53.1 Å². The molecule has 8 atom stereocenters. The lowest BCUT2D eigenvalue weighted by molar-refractivity contribution is -0.219. The summed E-state index contributed by atoms with van der Waals surface area (Å²) in [7, 11) is 3.47. The van der Waals surface area contributed by atoms with Gasteiger partial charge in [0.05, 0.1) is 11.7 Å². The summed E-state index contributed by atoms with van der Waals surface area (Å²) in [4.78, 5) is 13.8. The Hall–Kier alpha value is -0.810. The van der Waals surface area contributed by atoms with Crippen LogP contribution in [0.5, 0.6) is 0 Å². The summed E-state index contributed by atoms with van der Waals surface area (Å²) in [5.74, 6) is 0.929. The van der Waals surface area contributed by atoms with Gasteiger partial charge >= 0.3 is 6.09 Å². The van der Waals surface area contributed by atoms with Crippen molar-refractivity contribution < 1.29 is 19.7 Å². The van der Waals surface area contributed by atoms with E-state index in [4.69, 9.17) is 4.74 Å². The second kappa shape index (κ2) is 6.10. The van der Waals surface area contributed by atoms with Gasteiger partial charge < -0.3 is 19.8 Å². The highest BCUT2D eigenvalue weighted by atomic mass is 16.6. The van der Waals surface area contributed by atoms with Crippen molar-refractivity contribution >= 4 is 6.09 Å². The van der Waals surface area contributed by atoms with Crippen molar-refractivity contribution in [1.82, 2.24) is 4.90 Å². The van der Waals surface area contributed by atoms with E-state index < -0.39 is 5.60 Å². The molecule has 5 heteroatoms. The van der Waals surface area contributed by atoms with Gasteiger partial charge in [0.15, 0.2) is 0 Å². The number of aliphatic hydroxyl groups is 2. The molecule has 4 aliphatic rings. The van der Waals surface area contributed by atoms with Crippen molar-refractivity contribution in [2.24, 2.45) is 34.0 Å². The molecule has 0 aromatic heterocycles. The number of ether oxygens (including phenoxy) is 1. The molecule has 4 aliphatic carbocycles. The topological polar surface area (TPSA) is 70.0 Å². The van der Waals surface area contributed by atoms with E-state index in [1.54, 1.807) is 14.1 Å². The van der Waals surface area contributed by atoms with Crippen molar-refractivity contribution in [3.63, 3.8) is 0 Å². The first-order valence-electron chi connectivity index (χ1n) is 11.1. The van der Waals surface area contributed by atoms with E-state index in [1.807, 2.05) is 6.92 Å². The summed E-state index contributed by atoms with van der Waals surface area (Å²) in [5, 5.41) is 22.1. The third-order valence-electron chi connectivity index (χ3n) is 9.65. The molecule has 2 bridgehead atoms. The smallest absolute Gasteiger partial charge is 0.409 e. The Balaban J connectivity index is 1.72. The van der Waals surface area contributed by atoms with Crippen LogP contribution in [0.2, 0.25) is 0 Å². The van der Waals surface area contributed by atoms with Gasteiger partial charge in [0, 0.05) is 14.1 Å². The van der Waals surface area contributed by atoms with E-state index in [2.05, 4.69) is 20.8 Å². The summed E-state index contributed by atoms with van der Waals surface area (Å²) in [6, 6.07) is 0. The number of carbonyl (C=O) groups excluding carboxylic acids is 1. The van der Waals surface area contributed by atoms with Crippen LogP contribution < -0.4 is 0 Å². The molecule has 28 heavy (non-hydrogen) atoms. The molecule has 0 aromatic carbocycles. The number of fused-ring (bicyclic) bond motifs is 2. The Bertz CT molecular complexity index is 659. The second-order valence-electron chi connectivity index (χ2n) is 11.8. The quantitative estimate of drug-likeness (QED) is 0.711. The lowest BCUT2D eigenvalue weighted by Crippen LogP contribution is -2.63. The highest BCUT2D eigenvalue weighted by Gasteiger charge is 2.71. The number of amides is 1. The Labute approximate surface area is 169 Å². The van der Waals surface area contributed by atoms with E-state index >= 15 is 0 Å². The molecule has 0 unspecified atom stereocenters. The Kier molecular flexibility index (Phi) is 4.46. The molecule has 0 aliphatic heterocycles. The number of hydrogen-bond acceptors (Lipinski definition) is 4. The molecule has 4 saturated carbocycles. The van der Waals surface area contributed by atoms with Crippen molar-refractivity contribution in [2.75, 3.05) is 14.1 Å². The number of nitrogens with zero attached hydrogens (tertiary/aromatic N) is 1. The molecule has 4 rings (SSSR count). The molecular formula is C23H39NO4. The van der Waals surface area contributed by atoms with E-state index in [1.165, 1.54) is 4.90 Å². The van der Waals surface area contributed by atoms with Crippen LogP contribution in [-0.2, 0) is 4.74 Å². The predicted molar refractivity (Wildman–Crippen MR) is 108 cm³/mol. The molecular weight excluding hydrogens is 354 g/mol. The Morgan fingerprint density at radius 3 is 2.36 bits per heavy atom. The number of rotatable bonds is 1. The van der Waals surface area contributed by atoms with Crippen LogP contribution in [0.3, 0.4) is 0 Å². The van der Waals surface area contributed by atoms with Crippen molar-refractivity contribution in [3.05, 3.63) is 0 Å². The first-order chi connectivity index (χ1) is 12.8. The first-order valence-corrected chi connectivity index (χ1v) is 11.1. The van der Waals surface area contributed by atoms with Crippen molar-refractivity contribution in [1.29, 1.82) is 0 Å². The molecule has 0 radical (unpaired) electrons. The van der Waals surface area contributed by atoms with Gasteiger partial charge in [-0.3, -0.25) is 0 Å². The molecule has 2 N–H and O–H groups in total. The zero-order valence-corrected chi connectivity index (χ0v) is 18.5. The largest absolute Gasteiger partial charge is 0.446 e. The standard InChI is InChI=1S/C23H39NO4/c1-20(2)12-15(28-19(26)24(5)6)13-21(3)18(20)10-17(25)16-9-14-11-23(16,21)8-7-22(14,4)27/h14-18,25,27H,7-13H2,1-6H3/t14-,15-,16+,17+,18-,21-,22-,23+/m0/s1. The van der Waals surface area contributed by atoms with E-state index in [0.717, 1.165) is 44.9 Å². The van der Waals surface area contributed by atoms with Gasteiger partial charge in [0.1, 0.15) is 6.10 Å². The second-order valence-corrected chi connectivity index (χ2v) is 11.8.